The number of likely N-dealkylation sites (N-methyl/N-ethyl adjacent to an activating group) is 1. The maximum Gasteiger partial charge on any atom is 0.316 e. The molecule has 1 N–H and O–H groups in total. The van der Waals surface area contributed by atoms with Gasteiger partial charge in [-0.3, -0.25) is 14.4 Å². The zero-order valence-corrected chi connectivity index (χ0v) is 16.6. The number of thioether (sulfide) groups is 1. The molecule has 1 aromatic rings. The van der Waals surface area contributed by atoms with Crippen LogP contribution in [0.2, 0.25) is 0 Å². The molecule has 2 amide bonds. The molecule has 0 aliphatic heterocycles. The van der Waals surface area contributed by atoms with Gasteiger partial charge in [0.05, 0.1) is 19.4 Å². The van der Waals surface area contributed by atoms with Gasteiger partial charge in [0.1, 0.15) is 5.75 Å². The largest absolute Gasteiger partial charge is 0.497 e. The summed E-state index contributed by atoms with van der Waals surface area (Å²) in [5, 5.41) is 2.76. The first-order valence-electron chi connectivity index (χ1n) is 8.08. The van der Waals surface area contributed by atoms with Gasteiger partial charge in [0.15, 0.2) is 6.61 Å². The fourth-order valence-corrected chi connectivity index (χ4v) is 2.57. The minimum atomic E-state index is -0.494. The lowest BCUT2D eigenvalue weighted by atomic mass is 10.1. The normalized spacial score (nSPS) is 10.8. The van der Waals surface area contributed by atoms with Crippen LogP contribution in [-0.2, 0) is 19.1 Å². The molecule has 0 bridgehead atoms. The molecule has 0 saturated heterocycles. The lowest BCUT2D eigenvalue weighted by Crippen LogP contribution is -2.46. The van der Waals surface area contributed by atoms with Crippen LogP contribution in [0.4, 0.5) is 0 Å². The molecule has 0 aliphatic rings. The van der Waals surface area contributed by atoms with Crippen LogP contribution < -0.4 is 10.1 Å². The van der Waals surface area contributed by atoms with E-state index in [0.717, 1.165) is 10.6 Å². The van der Waals surface area contributed by atoms with Crippen LogP contribution in [0.15, 0.2) is 29.2 Å². The molecule has 0 aromatic heterocycles. The Kier molecular flexibility index (Phi) is 8.44. The third-order valence-corrected chi connectivity index (χ3v) is 4.08. The Morgan fingerprint density at radius 3 is 2.31 bits per heavy atom. The number of amides is 2. The van der Waals surface area contributed by atoms with Crippen molar-refractivity contribution in [3.63, 3.8) is 0 Å². The van der Waals surface area contributed by atoms with Crippen molar-refractivity contribution in [2.45, 2.75) is 31.2 Å². The summed E-state index contributed by atoms with van der Waals surface area (Å²) in [6, 6.07) is 7.27. The van der Waals surface area contributed by atoms with E-state index in [9.17, 15) is 14.4 Å². The Morgan fingerprint density at radius 2 is 1.77 bits per heavy atom. The number of carbonyl (C=O) groups excluding carboxylic acids is 3. The van der Waals surface area contributed by atoms with Crippen molar-refractivity contribution in [2.75, 3.05) is 33.1 Å². The summed E-state index contributed by atoms with van der Waals surface area (Å²) in [7, 11) is 3.07. The molecule has 26 heavy (non-hydrogen) atoms. The van der Waals surface area contributed by atoms with Crippen molar-refractivity contribution >= 4 is 29.5 Å². The molecule has 0 radical (unpaired) electrons. The van der Waals surface area contributed by atoms with E-state index in [2.05, 4.69) is 5.32 Å². The fraction of sp³-hybridized carbons (Fsp3) is 0.500. The summed E-state index contributed by atoms with van der Waals surface area (Å²) in [5.41, 5.74) is -0.369. The van der Waals surface area contributed by atoms with Gasteiger partial charge < -0.3 is 19.7 Å². The quantitative estimate of drug-likeness (QED) is 0.544. The lowest BCUT2D eigenvalue weighted by molar-refractivity contribution is -0.149. The summed E-state index contributed by atoms with van der Waals surface area (Å²) in [6.07, 6.45) is 0. The van der Waals surface area contributed by atoms with Crippen molar-refractivity contribution in [2.24, 2.45) is 0 Å². The molecule has 144 valence electrons. The van der Waals surface area contributed by atoms with Gasteiger partial charge in [-0.05, 0) is 45.0 Å². The molecule has 0 heterocycles. The average molecular weight is 382 g/mol. The van der Waals surface area contributed by atoms with Crippen molar-refractivity contribution in [1.29, 1.82) is 0 Å². The molecule has 0 atom stereocenters. The van der Waals surface area contributed by atoms with E-state index in [1.54, 1.807) is 19.2 Å². The minimum Gasteiger partial charge on any atom is -0.497 e. The highest BCUT2D eigenvalue weighted by Crippen LogP contribution is 2.21. The molecule has 7 nitrogen and oxygen atoms in total. The van der Waals surface area contributed by atoms with E-state index in [0.29, 0.717) is 0 Å². The summed E-state index contributed by atoms with van der Waals surface area (Å²) in [6.45, 7) is 5.09. The second kappa shape index (κ2) is 10.1. The molecule has 0 unspecified atom stereocenters. The van der Waals surface area contributed by atoms with Crippen LogP contribution in [0.5, 0.6) is 5.75 Å². The molecule has 0 saturated carbocycles. The number of rotatable bonds is 8. The molecular formula is C18H26N2O5S. The van der Waals surface area contributed by atoms with E-state index >= 15 is 0 Å². The van der Waals surface area contributed by atoms with E-state index in [1.165, 1.54) is 23.7 Å². The highest BCUT2D eigenvalue weighted by molar-refractivity contribution is 8.00. The smallest absolute Gasteiger partial charge is 0.316 e. The molecular weight excluding hydrogens is 356 g/mol. The van der Waals surface area contributed by atoms with Gasteiger partial charge in [0.2, 0.25) is 5.91 Å². The van der Waals surface area contributed by atoms with Gasteiger partial charge in [0.25, 0.3) is 5.91 Å². The topological polar surface area (TPSA) is 84.9 Å². The predicted octanol–water partition coefficient (Wildman–Crippen LogP) is 1.70. The third kappa shape index (κ3) is 8.75. The first-order chi connectivity index (χ1) is 12.1. The first-order valence-corrected chi connectivity index (χ1v) is 9.07. The molecule has 1 rings (SSSR count). The number of carbonyl (C=O) groups is 3. The van der Waals surface area contributed by atoms with Gasteiger partial charge in [-0.15, -0.1) is 11.8 Å². The molecule has 8 heteroatoms. The molecule has 0 fully saturated rings. The van der Waals surface area contributed by atoms with E-state index < -0.39 is 11.9 Å². The predicted molar refractivity (Wildman–Crippen MR) is 100 cm³/mol. The standard InChI is InChI=1S/C18H26N2O5S/c1-18(2,3)19-15(21)10-20(4)16(22)11-25-17(23)12-26-14-8-6-13(24-5)7-9-14/h6-9H,10-12H2,1-5H3,(H,19,21). The number of benzene rings is 1. The maximum atomic E-state index is 11.9. The lowest BCUT2D eigenvalue weighted by Gasteiger charge is -2.23. The Labute approximate surface area is 158 Å². The van der Waals surface area contributed by atoms with Crippen LogP contribution in [0.1, 0.15) is 20.8 Å². The van der Waals surface area contributed by atoms with Crippen molar-refractivity contribution in [3.05, 3.63) is 24.3 Å². The van der Waals surface area contributed by atoms with Crippen LogP contribution in [0, 0.1) is 0 Å². The second-order valence-electron chi connectivity index (χ2n) is 6.67. The van der Waals surface area contributed by atoms with Gasteiger partial charge in [0, 0.05) is 17.5 Å². The third-order valence-electron chi connectivity index (χ3n) is 3.09. The summed E-state index contributed by atoms with van der Waals surface area (Å²) in [5.74, 6) is -0.368. The van der Waals surface area contributed by atoms with E-state index in [-0.39, 0.29) is 30.4 Å². The minimum absolute atomic E-state index is 0.0890. The van der Waals surface area contributed by atoms with Crippen LogP contribution in [0.3, 0.4) is 0 Å². The number of nitrogens with one attached hydrogen (secondary N) is 1. The number of esters is 1. The van der Waals surface area contributed by atoms with Gasteiger partial charge >= 0.3 is 5.97 Å². The Hall–Kier alpha value is -2.22. The molecule has 0 spiro atoms. The zero-order valence-electron chi connectivity index (χ0n) is 15.8. The number of ether oxygens (including phenoxy) is 2. The summed E-state index contributed by atoms with van der Waals surface area (Å²) >= 11 is 1.31. The van der Waals surface area contributed by atoms with E-state index in [1.807, 2.05) is 32.9 Å². The fourth-order valence-electron chi connectivity index (χ4n) is 1.87. The van der Waals surface area contributed by atoms with Gasteiger partial charge in [-0.25, -0.2) is 0 Å². The number of nitrogens with zero attached hydrogens (tertiary/aromatic N) is 1. The maximum absolute atomic E-state index is 11.9. The number of hydrogen-bond donors (Lipinski definition) is 1. The Balaban J connectivity index is 2.32. The highest BCUT2D eigenvalue weighted by atomic mass is 32.2. The van der Waals surface area contributed by atoms with Crippen molar-refractivity contribution < 1.29 is 23.9 Å². The van der Waals surface area contributed by atoms with Crippen LogP contribution >= 0.6 is 11.8 Å². The second-order valence-corrected chi connectivity index (χ2v) is 7.72. The monoisotopic (exact) mass is 382 g/mol. The summed E-state index contributed by atoms with van der Waals surface area (Å²) in [4.78, 5) is 37.6. The average Bonchev–Trinajstić information content (AvgIpc) is 2.56. The van der Waals surface area contributed by atoms with E-state index in [4.69, 9.17) is 9.47 Å². The van der Waals surface area contributed by atoms with Crippen LogP contribution in [0.25, 0.3) is 0 Å². The Morgan fingerprint density at radius 1 is 1.15 bits per heavy atom. The van der Waals surface area contributed by atoms with Crippen LogP contribution in [-0.4, -0.2) is 61.3 Å². The number of methoxy groups -OCH3 is 1. The van der Waals surface area contributed by atoms with Gasteiger partial charge in [-0.1, -0.05) is 0 Å². The van der Waals surface area contributed by atoms with Crippen molar-refractivity contribution in [3.8, 4) is 5.75 Å². The molecule has 0 aliphatic carbocycles. The first kappa shape index (κ1) is 21.8. The summed E-state index contributed by atoms with van der Waals surface area (Å²) < 4.78 is 10.0. The SMILES string of the molecule is COc1ccc(SCC(=O)OCC(=O)N(C)CC(=O)NC(C)(C)C)cc1. The Bertz CT molecular complexity index is 625. The van der Waals surface area contributed by atoms with Gasteiger partial charge in [-0.2, -0.15) is 0 Å². The number of hydrogen-bond acceptors (Lipinski definition) is 6. The molecule has 1 aromatic carbocycles. The van der Waals surface area contributed by atoms with Crippen molar-refractivity contribution in [1.82, 2.24) is 10.2 Å². The highest BCUT2D eigenvalue weighted by Gasteiger charge is 2.18. The zero-order chi connectivity index (χ0) is 19.7.